The SMILES string of the molecule is CC(C)(Oc1ccc(N2CCN(CCn3c(=O)sc4c3nc(N)n3nc(-c5ccco5)nc43)CC2)c(F)c1)C(=O)O.Cl. The van der Waals surface area contributed by atoms with Crippen LogP contribution < -0.4 is 20.2 Å². The Morgan fingerprint density at radius 2 is 1.93 bits per heavy atom. The fourth-order valence-electron chi connectivity index (χ4n) is 4.74. The first-order valence-corrected chi connectivity index (χ1v) is 13.7. The van der Waals surface area contributed by atoms with E-state index in [9.17, 15) is 19.1 Å². The van der Waals surface area contributed by atoms with Crippen LogP contribution in [-0.2, 0) is 11.3 Å². The van der Waals surface area contributed by atoms with Gasteiger partial charge in [0.15, 0.2) is 22.7 Å². The highest BCUT2D eigenvalue weighted by molar-refractivity contribution is 7.17. The predicted octanol–water partition coefficient (Wildman–Crippen LogP) is 2.97. The van der Waals surface area contributed by atoms with Gasteiger partial charge >= 0.3 is 10.8 Å². The van der Waals surface area contributed by atoms with Crippen LogP contribution in [0, 0.1) is 5.82 Å². The topological polar surface area (TPSA) is 157 Å². The highest BCUT2D eigenvalue weighted by Crippen LogP contribution is 2.28. The Bertz CT molecular complexity index is 1810. The molecule has 13 nitrogen and oxygen atoms in total. The number of aliphatic carboxylic acids is 1. The maximum Gasteiger partial charge on any atom is 0.347 e. The number of benzene rings is 1. The molecule has 0 spiro atoms. The monoisotopic (exact) mass is 618 g/mol. The van der Waals surface area contributed by atoms with E-state index in [4.69, 9.17) is 14.9 Å². The molecule has 3 N–H and O–H groups in total. The van der Waals surface area contributed by atoms with E-state index in [2.05, 4.69) is 20.0 Å². The molecule has 222 valence electrons. The minimum Gasteiger partial charge on any atom is -0.478 e. The van der Waals surface area contributed by atoms with E-state index in [-0.39, 0.29) is 29.0 Å². The number of hydrogen-bond donors (Lipinski definition) is 2. The number of aromatic nitrogens is 5. The van der Waals surface area contributed by atoms with E-state index in [0.29, 0.717) is 72.5 Å². The van der Waals surface area contributed by atoms with Crippen molar-refractivity contribution >= 4 is 57.3 Å². The number of rotatable bonds is 8. The molecule has 0 bridgehead atoms. The third-order valence-corrected chi connectivity index (χ3v) is 7.98. The summed E-state index contributed by atoms with van der Waals surface area (Å²) in [6.07, 6.45) is 1.53. The number of furan rings is 1. The molecule has 5 heterocycles. The number of fused-ring (bicyclic) bond motifs is 3. The lowest BCUT2D eigenvalue weighted by Gasteiger charge is -2.36. The van der Waals surface area contributed by atoms with Crippen LogP contribution in [0.15, 0.2) is 45.8 Å². The van der Waals surface area contributed by atoms with Crippen molar-refractivity contribution < 1.29 is 23.4 Å². The number of ether oxygens (including phenoxy) is 1. The second-order valence-electron chi connectivity index (χ2n) is 10.1. The number of halogens is 2. The summed E-state index contributed by atoms with van der Waals surface area (Å²) in [5, 5.41) is 13.6. The van der Waals surface area contributed by atoms with Crippen LogP contribution >= 0.6 is 23.7 Å². The van der Waals surface area contributed by atoms with Gasteiger partial charge in [-0.1, -0.05) is 11.3 Å². The second kappa shape index (κ2) is 11.2. The Morgan fingerprint density at radius 1 is 1.17 bits per heavy atom. The van der Waals surface area contributed by atoms with Gasteiger partial charge in [0.05, 0.1) is 12.0 Å². The van der Waals surface area contributed by atoms with E-state index in [1.54, 1.807) is 28.8 Å². The van der Waals surface area contributed by atoms with Crippen LogP contribution in [0.25, 0.3) is 27.6 Å². The lowest BCUT2D eigenvalue weighted by atomic mass is 10.1. The molecule has 6 rings (SSSR count). The molecule has 0 atom stereocenters. The zero-order chi connectivity index (χ0) is 28.9. The maximum absolute atomic E-state index is 14.9. The van der Waals surface area contributed by atoms with Gasteiger partial charge in [0, 0.05) is 45.3 Å². The second-order valence-corrected chi connectivity index (χ2v) is 11.1. The van der Waals surface area contributed by atoms with Gasteiger partial charge in [-0.2, -0.15) is 9.50 Å². The third-order valence-electron chi connectivity index (χ3n) is 7.02. The first-order chi connectivity index (χ1) is 19.6. The number of carbonyl (C=O) groups is 1. The van der Waals surface area contributed by atoms with Gasteiger partial charge in [-0.25, -0.2) is 14.2 Å². The molecule has 1 aliphatic heterocycles. The molecule has 16 heteroatoms. The quantitative estimate of drug-likeness (QED) is 0.263. The highest BCUT2D eigenvalue weighted by atomic mass is 35.5. The molecule has 0 amide bonds. The molecule has 42 heavy (non-hydrogen) atoms. The van der Waals surface area contributed by atoms with Gasteiger partial charge < -0.3 is 24.9 Å². The van der Waals surface area contributed by atoms with Crippen LogP contribution in [0.3, 0.4) is 0 Å². The Hall–Kier alpha value is -4.21. The highest BCUT2D eigenvalue weighted by Gasteiger charge is 2.30. The maximum atomic E-state index is 14.9. The largest absolute Gasteiger partial charge is 0.478 e. The molecule has 4 aromatic heterocycles. The number of carboxylic acids is 1. The number of hydrogen-bond acceptors (Lipinski definition) is 11. The predicted molar refractivity (Wildman–Crippen MR) is 157 cm³/mol. The molecule has 1 aliphatic rings. The molecule has 0 saturated carbocycles. The van der Waals surface area contributed by atoms with Crippen LogP contribution in [-0.4, -0.2) is 78.4 Å². The van der Waals surface area contributed by atoms with Gasteiger partial charge in [-0.3, -0.25) is 14.3 Å². The molecular weight excluding hydrogens is 591 g/mol. The zero-order valence-corrected chi connectivity index (χ0v) is 24.3. The Balaban J connectivity index is 0.00000353. The first kappa shape index (κ1) is 29.3. The number of anilines is 2. The average Bonchev–Trinajstić information content (AvgIpc) is 3.67. The van der Waals surface area contributed by atoms with Crippen molar-refractivity contribution in [3.05, 3.63) is 52.1 Å². The Labute approximate surface area is 248 Å². The molecule has 1 saturated heterocycles. The number of piperazine rings is 1. The summed E-state index contributed by atoms with van der Waals surface area (Å²) in [4.78, 5) is 37.2. The standard InChI is InChI=1S/C26H27FN8O5S.ClH/c1-26(2,23(36)37)40-15-5-6-17(16(27)14-15)33-10-7-32(8-11-33)9-12-34-21-19(41-25(34)38)22-29-20(18-4-3-13-39-18)31-35(22)24(28)30-21;/h3-6,13-14H,7-12H2,1-2H3,(H2,28,30)(H,36,37);1H. The first-order valence-electron chi connectivity index (χ1n) is 12.9. The zero-order valence-electron chi connectivity index (χ0n) is 22.7. The third kappa shape index (κ3) is 5.37. The number of nitrogens with zero attached hydrogens (tertiary/aromatic N) is 7. The summed E-state index contributed by atoms with van der Waals surface area (Å²) >= 11 is 1.04. The molecule has 5 aromatic rings. The van der Waals surface area contributed by atoms with E-state index < -0.39 is 17.4 Å². The smallest absolute Gasteiger partial charge is 0.347 e. The van der Waals surface area contributed by atoms with Crippen molar-refractivity contribution in [2.45, 2.75) is 26.0 Å². The fraction of sp³-hybridized carbons (Fsp3) is 0.346. The van der Waals surface area contributed by atoms with Gasteiger partial charge in [0.25, 0.3) is 0 Å². The molecule has 0 unspecified atom stereocenters. The van der Waals surface area contributed by atoms with Crippen molar-refractivity contribution in [1.82, 2.24) is 29.0 Å². The number of thiazole rings is 1. The van der Waals surface area contributed by atoms with E-state index >= 15 is 0 Å². The normalized spacial score (nSPS) is 14.4. The molecular formula is C26H28ClFN8O5S. The summed E-state index contributed by atoms with van der Waals surface area (Å²) in [6.45, 7) is 6.30. The summed E-state index contributed by atoms with van der Waals surface area (Å²) in [7, 11) is 0. The van der Waals surface area contributed by atoms with E-state index in [0.717, 1.165) is 11.3 Å². The van der Waals surface area contributed by atoms with E-state index in [1.165, 1.54) is 30.7 Å². The van der Waals surface area contributed by atoms with Crippen molar-refractivity contribution in [2.24, 2.45) is 0 Å². The average molecular weight is 619 g/mol. The minimum absolute atomic E-state index is 0. The van der Waals surface area contributed by atoms with Gasteiger partial charge in [-0.15, -0.1) is 17.5 Å². The van der Waals surface area contributed by atoms with Crippen molar-refractivity contribution in [3.8, 4) is 17.3 Å². The Kier molecular flexibility index (Phi) is 7.83. The number of nitrogen functional groups attached to an aromatic ring is 1. The fourth-order valence-corrected chi connectivity index (χ4v) is 5.67. The van der Waals surface area contributed by atoms with E-state index in [1.807, 2.05) is 4.90 Å². The lowest BCUT2D eigenvalue weighted by Crippen LogP contribution is -2.47. The Morgan fingerprint density at radius 3 is 2.60 bits per heavy atom. The summed E-state index contributed by atoms with van der Waals surface area (Å²) in [5.74, 6) is -0.515. The summed E-state index contributed by atoms with van der Waals surface area (Å²) < 4.78 is 29.3. The van der Waals surface area contributed by atoms with Gasteiger partial charge in [0.1, 0.15) is 16.3 Å². The molecule has 0 aliphatic carbocycles. The number of nitrogens with two attached hydrogens (primary N) is 1. The van der Waals surface area contributed by atoms with Gasteiger partial charge in [0.2, 0.25) is 11.8 Å². The van der Waals surface area contributed by atoms with Crippen LogP contribution in [0.5, 0.6) is 5.75 Å². The minimum atomic E-state index is -1.47. The molecule has 1 aromatic carbocycles. The molecule has 1 fully saturated rings. The van der Waals surface area contributed by atoms with Gasteiger partial charge in [-0.05, 0) is 38.1 Å². The van der Waals surface area contributed by atoms with Crippen molar-refractivity contribution in [2.75, 3.05) is 43.4 Å². The van der Waals surface area contributed by atoms with Crippen LogP contribution in [0.1, 0.15) is 13.8 Å². The molecule has 0 radical (unpaired) electrons. The van der Waals surface area contributed by atoms with Crippen LogP contribution in [0.4, 0.5) is 16.0 Å². The summed E-state index contributed by atoms with van der Waals surface area (Å²) in [5.41, 5.74) is 6.02. The summed E-state index contributed by atoms with van der Waals surface area (Å²) in [6, 6.07) is 7.87. The van der Waals surface area contributed by atoms with Crippen molar-refractivity contribution in [1.29, 1.82) is 0 Å². The van der Waals surface area contributed by atoms with Crippen molar-refractivity contribution in [3.63, 3.8) is 0 Å². The number of carboxylic acid groups (broad SMARTS) is 1. The van der Waals surface area contributed by atoms with Crippen LogP contribution in [0.2, 0.25) is 0 Å². The lowest BCUT2D eigenvalue weighted by molar-refractivity contribution is -0.152.